The molecule has 2 aliphatic heterocycles. The van der Waals surface area contributed by atoms with Gasteiger partial charge in [0.25, 0.3) is 0 Å². The molecule has 0 radical (unpaired) electrons. The van der Waals surface area contributed by atoms with Crippen LogP contribution in [-0.4, -0.2) is 39.6 Å². The number of ether oxygens (including phenoxy) is 6. The summed E-state index contributed by atoms with van der Waals surface area (Å²) in [6, 6.07) is 7.58. The maximum absolute atomic E-state index is 12.8. The Bertz CT molecular complexity index is 1110. The fourth-order valence-corrected chi connectivity index (χ4v) is 5.17. The molecule has 0 unspecified atom stereocenters. The van der Waals surface area contributed by atoms with E-state index in [4.69, 9.17) is 28.4 Å². The third-order valence-electron chi connectivity index (χ3n) is 6.66. The zero-order chi connectivity index (χ0) is 24.0. The Balaban J connectivity index is 1.62. The molecule has 0 saturated carbocycles. The van der Waals surface area contributed by atoms with Crippen LogP contribution in [0, 0.1) is 17.8 Å². The van der Waals surface area contributed by atoms with Gasteiger partial charge in [-0.25, -0.2) is 0 Å². The third kappa shape index (κ3) is 3.81. The van der Waals surface area contributed by atoms with Crippen LogP contribution in [0.4, 0.5) is 0 Å². The maximum atomic E-state index is 12.8. The second-order valence-corrected chi connectivity index (χ2v) is 9.33. The van der Waals surface area contributed by atoms with Gasteiger partial charge in [-0.3, -0.25) is 9.59 Å². The van der Waals surface area contributed by atoms with Crippen LogP contribution >= 0.6 is 0 Å². The highest BCUT2D eigenvalue weighted by molar-refractivity contribution is 5.79. The summed E-state index contributed by atoms with van der Waals surface area (Å²) in [5.41, 5.74) is 2.89. The number of cyclic esters (lactones) is 1. The molecule has 0 N–H and O–H groups in total. The summed E-state index contributed by atoms with van der Waals surface area (Å²) in [7, 11) is 3.02. The molecule has 2 heterocycles. The lowest BCUT2D eigenvalue weighted by Gasteiger charge is -2.34. The van der Waals surface area contributed by atoms with Crippen LogP contribution in [0.3, 0.4) is 0 Å². The molecular weight excluding hydrogens is 440 g/mol. The monoisotopic (exact) mass is 468 g/mol. The number of hydrogen-bond acceptors (Lipinski definition) is 8. The molecule has 3 atom stereocenters. The van der Waals surface area contributed by atoms with E-state index in [1.165, 1.54) is 14.2 Å². The molecule has 0 aromatic heterocycles. The van der Waals surface area contributed by atoms with Crippen molar-refractivity contribution in [3.05, 3.63) is 41.0 Å². The van der Waals surface area contributed by atoms with Crippen LogP contribution in [-0.2, 0) is 20.7 Å². The summed E-state index contributed by atoms with van der Waals surface area (Å²) >= 11 is 0. The van der Waals surface area contributed by atoms with Crippen molar-refractivity contribution in [2.24, 2.45) is 17.8 Å². The summed E-state index contributed by atoms with van der Waals surface area (Å²) in [6.07, 6.45) is 0.991. The lowest BCUT2D eigenvalue weighted by Crippen LogP contribution is -2.31. The molecule has 0 spiro atoms. The highest BCUT2D eigenvalue weighted by Crippen LogP contribution is 2.52. The predicted octanol–water partition coefficient (Wildman–Crippen LogP) is 3.86. The van der Waals surface area contributed by atoms with Crippen molar-refractivity contribution in [3.8, 4) is 28.7 Å². The Hall–Kier alpha value is -3.42. The van der Waals surface area contributed by atoms with E-state index in [1.54, 1.807) is 0 Å². The predicted molar refractivity (Wildman–Crippen MR) is 121 cm³/mol. The van der Waals surface area contributed by atoms with Crippen molar-refractivity contribution in [2.75, 3.05) is 27.6 Å². The smallest absolute Gasteiger partial charge is 0.311 e. The fraction of sp³-hybridized carbons (Fsp3) is 0.462. The number of hydrogen-bond donors (Lipinski definition) is 0. The minimum atomic E-state index is -0.366. The van der Waals surface area contributed by atoms with Crippen LogP contribution in [0.2, 0.25) is 0 Å². The molecule has 0 bridgehead atoms. The summed E-state index contributed by atoms with van der Waals surface area (Å²) in [5.74, 6) is 1.29. The Kier molecular flexibility index (Phi) is 5.75. The van der Waals surface area contributed by atoms with Crippen LogP contribution < -0.4 is 23.7 Å². The molecule has 1 fully saturated rings. The summed E-state index contributed by atoms with van der Waals surface area (Å²) in [4.78, 5) is 25.2. The van der Waals surface area contributed by atoms with E-state index >= 15 is 0 Å². The van der Waals surface area contributed by atoms with Gasteiger partial charge in [0.05, 0.1) is 26.7 Å². The molecule has 5 rings (SSSR count). The largest absolute Gasteiger partial charge is 0.493 e. The Labute approximate surface area is 198 Å². The second-order valence-electron chi connectivity index (χ2n) is 9.33. The van der Waals surface area contributed by atoms with Crippen molar-refractivity contribution >= 4 is 11.9 Å². The van der Waals surface area contributed by atoms with Gasteiger partial charge in [-0.05, 0) is 53.3 Å². The van der Waals surface area contributed by atoms with Crippen molar-refractivity contribution in [1.82, 2.24) is 0 Å². The maximum Gasteiger partial charge on any atom is 0.311 e. The number of methoxy groups -OCH3 is 2. The molecule has 2 aromatic carbocycles. The molecule has 34 heavy (non-hydrogen) atoms. The zero-order valence-electron chi connectivity index (χ0n) is 19.7. The number of carbonyl (C=O) groups excluding carboxylic acids is 2. The standard InChI is InChI=1S/C26H28O8/c1-13(2)5-22(27)34-25-20(29-3)8-15(9-21(25)30-4)23-17-10-19-18(32-12-33-19)7-14(17)6-16-11-31-26(28)24(16)23/h7-10,13,16,23-24H,5-6,11-12H2,1-4H3/t16-,23+,24-/m0/s1. The minimum Gasteiger partial charge on any atom is -0.493 e. The summed E-state index contributed by atoms with van der Waals surface area (Å²) < 4.78 is 33.5. The quantitative estimate of drug-likeness (QED) is 0.466. The van der Waals surface area contributed by atoms with Gasteiger partial charge in [0.2, 0.25) is 12.5 Å². The van der Waals surface area contributed by atoms with Gasteiger partial charge in [-0.2, -0.15) is 0 Å². The van der Waals surface area contributed by atoms with Gasteiger partial charge in [-0.1, -0.05) is 13.8 Å². The van der Waals surface area contributed by atoms with Crippen LogP contribution in [0.1, 0.15) is 42.9 Å². The van der Waals surface area contributed by atoms with E-state index in [0.717, 1.165) is 23.1 Å². The average molecular weight is 469 g/mol. The number of fused-ring (bicyclic) bond motifs is 3. The first kappa shape index (κ1) is 22.4. The fourth-order valence-electron chi connectivity index (χ4n) is 5.17. The van der Waals surface area contributed by atoms with E-state index in [2.05, 4.69) is 0 Å². The minimum absolute atomic E-state index is 0.0471. The zero-order valence-corrected chi connectivity index (χ0v) is 19.7. The molecule has 1 aliphatic carbocycles. The SMILES string of the molecule is COc1cc([C@@H]2c3cc4c(cc3C[C@H]3COC(=O)[C@@H]32)OCO4)cc(OC)c1OC(=O)CC(C)C. The lowest BCUT2D eigenvalue weighted by molar-refractivity contribution is -0.141. The van der Waals surface area contributed by atoms with Gasteiger partial charge < -0.3 is 28.4 Å². The molecule has 0 amide bonds. The van der Waals surface area contributed by atoms with E-state index in [0.29, 0.717) is 29.6 Å². The van der Waals surface area contributed by atoms with Gasteiger partial charge >= 0.3 is 11.9 Å². The van der Waals surface area contributed by atoms with Crippen molar-refractivity contribution < 1.29 is 38.0 Å². The number of rotatable bonds is 6. The van der Waals surface area contributed by atoms with E-state index in [9.17, 15) is 9.59 Å². The second kappa shape index (κ2) is 8.74. The molecule has 8 heteroatoms. The van der Waals surface area contributed by atoms with Crippen molar-refractivity contribution in [3.63, 3.8) is 0 Å². The summed E-state index contributed by atoms with van der Waals surface area (Å²) in [6.45, 7) is 4.45. The van der Waals surface area contributed by atoms with E-state index in [1.807, 2.05) is 38.1 Å². The van der Waals surface area contributed by atoms with E-state index < -0.39 is 0 Å². The first-order valence-electron chi connectivity index (χ1n) is 11.4. The molecule has 2 aromatic rings. The lowest BCUT2D eigenvalue weighted by atomic mass is 9.67. The first-order valence-corrected chi connectivity index (χ1v) is 11.4. The Morgan fingerprint density at radius 3 is 2.35 bits per heavy atom. The van der Waals surface area contributed by atoms with Crippen molar-refractivity contribution in [1.29, 1.82) is 0 Å². The number of esters is 2. The molecule has 8 nitrogen and oxygen atoms in total. The highest BCUT2D eigenvalue weighted by Gasteiger charge is 2.48. The molecule has 1 saturated heterocycles. The first-order chi connectivity index (χ1) is 16.4. The van der Waals surface area contributed by atoms with Gasteiger partial charge in [-0.15, -0.1) is 0 Å². The van der Waals surface area contributed by atoms with Crippen LogP contribution in [0.25, 0.3) is 0 Å². The van der Waals surface area contributed by atoms with Gasteiger partial charge in [0, 0.05) is 18.3 Å². The van der Waals surface area contributed by atoms with Crippen molar-refractivity contribution in [2.45, 2.75) is 32.6 Å². The topological polar surface area (TPSA) is 89.5 Å². The molecule has 180 valence electrons. The Morgan fingerprint density at radius 2 is 1.71 bits per heavy atom. The molecule has 3 aliphatic rings. The number of benzene rings is 2. The molecular formula is C26H28O8. The third-order valence-corrected chi connectivity index (χ3v) is 6.66. The highest BCUT2D eigenvalue weighted by atomic mass is 16.7. The van der Waals surface area contributed by atoms with Gasteiger partial charge in [0.1, 0.15) is 0 Å². The average Bonchev–Trinajstić information content (AvgIpc) is 3.41. The van der Waals surface area contributed by atoms with Gasteiger partial charge in [0.15, 0.2) is 23.0 Å². The van der Waals surface area contributed by atoms with Crippen LogP contribution in [0.5, 0.6) is 28.7 Å². The normalized spacial score (nSPS) is 22.1. The number of carbonyl (C=O) groups is 2. The summed E-state index contributed by atoms with van der Waals surface area (Å²) in [5, 5.41) is 0. The Morgan fingerprint density at radius 1 is 1.03 bits per heavy atom. The van der Waals surface area contributed by atoms with E-state index in [-0.39, 0.29) is 54.6 Å². The van der Waals surface area contributed by atoms with Crippen LogP contribution in [0.15, 0.2) is 24.3 Å².